The van der Waals surface area contributed by atoms with Gasteiger partial charge < -0.3 is 10.3 Å². The van der Waals surface area contributed by atoms with Crippen LogP contribution in [0.3, 0.4) is 0 Å². The van der Waals surface area contributed by atoms with Gasteiger partial charge >= 0.3 is 6.18 Å². The van der Waals surface area contributed by atoms with Gasteiger partial charge in [0.2, 0.25) is 5.95 Å². The number of fused-ring (bicyclic) bond motifs is 2. The standard InChI is InChI=1S/C27H20F3N5O4S/c1-40(38,39)19-8-6-15(7-9-19)13-32-24(36)20-11-18(27(28,29)30)12-21-23(20)34-26(33-21)35-25(37)22-10-16-4-2-3-5-17(16)14-31-22/h2-12,14H,13H2,1H3,(H,32,36)(H2,33,34,35,37). The summed E-state index contributed by atoms with van der Waals surface area (Å²) in [5.41, 5.74) is -1.03. The highest BCUT2D eigenvalue weighted by molar-refractivity contribution is 7.90. The highest BCUT2D eigenvalue weighted by Gasteiger charge is 2.33. The van der Waals surface area contributed by atoms with Crippen LogP contribution in [0.25, 0.3) is 21.8 Å². The first-order chi connectivity index (χ1) is 18.9. The summed E-state index contributed by atoms with van der Waals surface area (Å²) in [5, 5.41) is 6.61. The highest BCUT2D eigenvalue weighted by Crippen LogP contribution is 2.33. The topological polar surface area (TPSA) is 134 Å². The van der Waals surface area contributed by atoms with Gasteiger partial charge in [-0.15, -0.1) is 0 Å². The molecule has 3 N–H and O–H groups in total. The van der Waals surface area contributed by atoms with E-state index in [1.165, 1.54) is 30.5 Å². The van der Waals surface area contributed by atoms with Crippen LogP contribution in [-0.4, -0.2) is 41.4 Å². The molecule has 0 aliphatic rings. The number of hydrogen-bond donors (Lipinski definition) is 3. The number of hydrogen-bond acceptors (Lipinski definition) is 6. The zero-order chi connectivity index (χ0) is 28.7. The molecule has 5 rings (SSSR count). The third-order valence-electron chi connectivity index (χ3n) is 6.07. The number of halogens is 3. The van der Waals surface area contributed by atoms with Crippen LogP contribution in [0, 0.1) is 0 Å². The van der Waals surface area contributed by atoms with Crippen LogP contribution in [0.4, 0.5) is 19.1 Å². The Morgan fingerprint density at radius 3 is 2.33 bits per heavy atom. The summed E-state index contributed by atoms with van der Waals surface area (Å²) < 4.78 is 64.1. The lowest BCUT2D eigenvalue weighted by Gasteiger charge is -2.11. The summed E-state index contributed by atoms with van der Waals surface area (Å²) in [6, 6.07) is 16.0. The molecular weight excluding hydrogens is 547 g/mol. The minimum absolute atomic E-state index is 0.0142. The Bertz CT molecular complexity index is 1880. The quantitative estimate of drug-likeness (QED) is 0.272. The molecule has 2 amide bonds. The first-order valence-corrected chi connectivity index (χ1v) is 13.6. The minimum Gasteiger partial charge on any atom is -0.348 e. The zero-order valence-corrected chi connectivity index (χ0v) is 21.5. The lowest BCUT2D eigenvalue weighted by molar-refractivity contribution is -0.137. The van der Waals surface area contributed by atoms with Crippen LogP contribution < -0.4 is 10.6 Å². The van der Waals surface area contributed by atoms with Crippen molar-refractivity contribution in [2.75, 3.05) is 11.6 Å². The van der Waals surface area contributed by atoms with Gasteiger partial charge in [-0.05, 0) is 41.3 Å². The second-order valence-corrected chi connectivity index (χ2v) is 11.0. The number of carbonyl (C=O) groups excluding carboxylic acids is 2. The highest BCUT2D eigenvalue weighted by atomic mass is 32.2. The molecule has 3 aromatic carbocycles. The number of alkyl halides is 3. The molecule has 5 aromatic rings. The van der Waals surface area contributed by atoms with Crippen molar-refractivity contribution in [2.45, 2.75) is 17.6 Å². The van der Waals surface area contributed by atoms with Gasteiger partial charge in [-0.2, -0.15) is 13.2 Å². The number of amides is 2. The molecule has 0 saturated heterocycles. The van der Waals surface area contributed by atoms with Crippen molar-refractivity contribution >= 4 is 49.4 Å². The van der Waals surface area contributed by atoms with E-state index in [0.29, 0.717) is 11.6 Å². The normalized spacial score (nSPS) is 12.0. The molecule has 0 bridgehead atoms. The summed E-state index contributed by atoms with van der Waals surface area (Å²) in [7, 11) is -3.41. The number of benzene rings is 3. The number of imidazole rings is 1. The minimum atomic E-state index is -4.76. The number of aromatic amines is 1. The van der Waals surface area contributed by atoms with E-state index in [-0.39, 0.29) is 39.7 Å². The molecule has 0 atom stereocenters. The molecule has 9 nitrogen and oxygen atoms in total. The van der Waals surface area contributed by atoms with Gasteiger partial charge in [0.25, 0.3) is 11.8 Å². The summed E-state index contributed by atoms with van der Waals surface area (Å²) in [6.45, 7) is -0.0774. The van der Waals surface area contributed by atoms with Crippen molar-refractivity contribution in [1.29, 1.82) is 0 Å². The molecule has 40 heavy (non-hydrogen) atoms. The van der Waals surface area contributed by atoms with Crippen LogP contribution in [0.5, 0.6) is 0 Å². The van der Waals surface area contributed by atoms with Crippen LogP contribution in [0.2, 0.25) is 0 Å². The number of H-pyrrole nitrogens is 1. The van der Waals surface area contributed by atoms with Gasteiger partial charge in [0.15, 0.2) is 9.84 Å². The number of pyridine rings is 1. The van der Waals surface area contributed by atoms with Crippen LogP contribution >= 0.6 is 0 Å². The Kier molecular flexibility index (Phi) is 6.75. The number of carbonyl (C=O) groups is 2. The summed E-state index contributed by atoms with van der Waals surface area (Å²) >= 11 is 0. The maximum atomic E-state index is 13.6. The maximum Gasteiger partial charge on any atom is 0.416 e. The van der Waals surface area contributed by atoms with Crippen LogP contribution in [0.1, 0.15) is 32.0 Å². The van der Waals surface area contributed by atoms with E-state index in [1.54, 1.807) is 18.2 Å². The Balaban J connectivity index is 1.42. The monoisotopic (exact) mass is 567 g/mol. The van der Waals surface area contributed by atoms with Crippen molar-refractivity contribution in [3.63, 3.8) is 0 Å². The molecule has 0 unspecified atom stereocenters. The number of anilines is 1. The third-order valence-corrected chi connectivity index (χ3v) is 7.19. The van der Waals surface area contributed by atoms with E-state index < -0.39 is 33.4 Å². The van der Waals surface area contributed by atoms with Gasteiger partial charge in [0.1, 0.15) is 5.69 Å². The van der Waals surface area contributed by atoms with Crippen molar-refractivity contribution in [1.82, 2.24) is 20.3 Å². The van der Waals surface area contributed by atoms with E-state index in [9.17, 15) is 31.2 Å². The number of sulfone groups is 1. The number of nitrogens with zero attached hydrogens (tertiary/aromatic N) is 2. The van der Waals surface area contributed by atoms with Crippen molar-refractivity contribution in [2.24, 2.45) is 0 Å². The van der Waals surface area contributed by atoms with Gasteiger partial charge in [-0.3, -0.25) is 19.9 Å². The third kappa shape index (κ3) is 5.64. The number of nitrogens with one attached hydrogen (secondary N) is 3. The van der Waals surface area contributed by atoms with E-state index >= 15 is 0 Å². The molecule has 0 fully saturated rings. The predicted octanol–water partition coefficient (Wildman–Crippen LogP) is 4.72. The fraction of sp³-hybridized carbons (Fsp3) is 0.111. The molecular formula is C27H20F3N5O4S. The summed E-state index contributed by atoms with van der Waals surface area (Å²) in [5.74, 6) is -1.65. The molecule has 2 aromatic heterocycles. The number of rotatable bonds is 6. The Hall–Kier alpha value is -4.78. The average molecular weight is 568 g/mol. The second-order valence-electron chi connectivity index (χ2n) is 8.97. The first-order valence-electron chi connectivity index (χ1n) is 11.7. The van der Waals surface area contributed by atoms with Gasteiger partial charge in [0.05, 0.1) is 27.1 Å². The Morgan fingerprint density at radius 2 is 1.65 bits per heavy atom. The van der Waals surface area contributed by atoms with E-state index in [2.05, 4.69) is 25.6 Å². The number of aromatic nitrogens is 3. The van der Waals surface area contributed by atoms with Crippen molar-refractivity contribution in [3.8, 4) is 0 Å². The molecule has 13 heteroatoms. The van der Waals surface area contributed by atoms with Crippen LogP contribution in [-0.2, 0) is 22.6 Å². The van der Waals surface area contributed by atoms with E-state index in [1.807, 2.05) is 12.1 Å². The molecule has 0 radical (unpaired) electrons. The van der Waals surface area contributed by atoms with Crippen LogP contribution in [0.15, 0.2) is 77.8 Å². The van der Waals surface area contributed by atoms with Crippen molar-refractivity contribution in [3.05, 3.63) is 95.3 Å². The van der Waals surface area contributed by atoms with E-state index in [4.69, 9.17) is 0 Å². The average Bonchev–Trinajstić information content (AvgIpc) is 3.32. The Morgan fingerprint density at radius 1 is 0.950 bits per heavy atom. The van der Waals surface area contributed by atoms with E-state index in [0.717, 1.165) is 23.1 Å². The molecule has 0 saturated carbocycles. The second kappa shape index (κ2) is 10.1. The van der Waals surface area contributed by atoms with Gasteiger partial charge in [-0.1, -0.05) is 36.4 Å². The lowest BCUT2D eigenvalue weighted by Crippen LogP contribution is -2.23. The SMILES string of the molecule is CS(=O)(=O)c1ccc(CNC(=O)c2cc(C(F)(F)F)cc3nc(NC(=O)c4cc5ccccc5cn4)[nH]c23)cc1. The molecule has 204 valence electrons. The maximum absolute atomic E-state index is 13.6. The zero-order valence-electron chi connectivity index (χ0n) is 20.7. The molecule has 0 aliphatic carbocycles. The molecule has 0 spiro atoms. The predicted molar refractivity (Wildman–Crippen MR) is 142 cm³/mol. The molecule has 0 aliphatic heterocycles. The fourth-order valence-corrected chi connectivity index (χ4v) is 4.66. The summed E-state index contributed by atoms with van der Waals surface area (Å²) in [4.78, 5) is 36.8. The van der Waals surface area contributed by atoms with Gasteiger partial charge in [-0.25, -0.2) is 13.4 Å². The fourth-order valence-electron chi connectivity index (χ4n) is 4.03. The molecule has 2 heterocycles. The largest absolute Gasteiger partial charge is 0.416 e. The Labute approximate surface area is 225 Å². The smallest absolute Gasteiger partial charge is 0.348 e. The van der Waals surface area contributed by atoms with Gasteiger partial charge in [0, 0.05) is 24.4 Å². The first kappa shape index (κ1) is 26.8. The van der Waals surface area contributed by atoms with Crippen molar-refractivity contribution < 1.29 is 31.2 Å². The summed E-state index contributed by atoms with van der Waals surface area (Å²) in [6.07, 6.45) is -2.18. The lowest BCUT2D eigenvalue weighted by atomic mass is 10.1.